The first kappa shape index (κ1) is 13.3. The number of hydrogen-bond donors (Lipinski definition) is 3. The summed E-state index contributed by atoms with van der Waals surface area (Å²) < 4.78 is 0. The molecule has 2 aromatic rings. The molecule has 2 rings (SSSR count). The number of nitrogens with one attached hydrogen (secondary N) is 1. The number of hydrogen-bond acceptors (Lipinski definition) is 5. The van der Waals surface area contributed by atoms with Crippen LogP contribution < -0.4 is 11.1 Å². The number of aliphatic hydroxyl groups excluding tert-OH is 1. The highest BCUT2D eigenvalue weighted by Crippen LogP contribution is 2.15. The zero-order valence-electron chi connectivity index (χ0n) is 11.1. The van der Waals surface area contributed by atoms with Gasteiger partial charge in [0.15, 0.2) is 0 Å². The topological polar surface area (TPSA) is 84.1 Å². The van der Waals surface area contributed by atoms with Crippen LogP contribution in [-0.4, -0.2) is 21.6 Å². The van der Waals surface area contributed by atoms with Crippen LogP contribution in [-0.2, 0) is 0 Å². The van der Waals surface area contributed by atoms with Crippen molar-refractivity contribution in [2.45, 2.75) is 20.0 Å². The van der Waals surface area contributed by atoms with Crippen LogP contribution in [0.1, 0.15) is 23.2 Å². The second kappa shape index (κ2) is 5.67. The third kappa shape index (κ3) is 3.66. The first-order valence-corrected chi connectivity index (χ1v) is 6.14. The molecule has 0 radical (unpaired) electrons. The van der Waals surface area contributed by atoms with E-state index in [2.05, 4.69) is 15.3 Å². The van der Waals surface area contributed by atoms with Gasteiger partial charge in [0.1, 0.15) is 11.6 Å². The van der Waals surface area contributed by atoms with Crippen molar-refractivity contribution in [2.24, 2.45) is 0 Å². The van der Waals surface area contributed by atoms with E-state index >= 15 is 0 Å². The van der Waals surface area contributed by atoms with Crippen LogP contribution in [0.15, 0.2) is 30.3 Å². The smallest absolute Gasteiger partial charge is 0.130 e. The third-order valence-electron chi connectivity index (χ3n) is 2.76. The number of nitrogen functional groups attached to an aromatic ring is 1. The highest BCUT2D eigenvalue weighted by atomic mass is 16.3. The predicted octanol–water partition coefficient (Wildman–Crippen LogP) is 1.82. The lowest BCUT2D eigenvalue weighted by molar-refractivity contribution is 0.191. The van der Waals surface area contributed by atoms with Gasteiger partial charge in [-0.2, -0.15) is 0 Å². The van der Waals surface area contributed by atoms with Crippen molar-refractivity contribution in [1.82, 2.24) is 9.97 Å². The molecule has 0 spiro atoms. The van der Waals surface area contributed by atoms with E-state index in [-0.39, 0.29) is 0 Å². The minimum Gasteiger partial charge on any atom is -0.399 e. The quantitative estimate of drug-likeness (QED) is 0.728. The van der Waals surface area contributed by atoms with Crippen molar-refractivity contribution in [3.05, 3.63) is 47.4 Å². The molecule has 0 saturated heterocycles. The SMILES string of the molecule is Cc1cc(NCC(O)c2ccc(N)cc2)nc(C)n1. The van der Waals surface area contributed by atoms with Gasteiger partial charge in [-0.1, -0.05) is 12.1 Å². The first-order chi connectivity index (χ1) is 9.04. The summed E-state index contributed by atoms with van der Waals surface area (Å²) in [5.41, 5.74) is 8.02. The standard InChI is InChI=1S/C14H18N4O/c1-9-7-14(18-10(2)17-9)16-8-13(19)11-3-5-12(15)6-4-11/h3-7,13,19H,8,15H2,1-2H3,(H,16,17,18). The zero-order valence-corrected chi connectivity index (χ0v) is 11.1. The Bertz CT molecular complexity index is 534. The predicted molar refractivity (Wildman–Crippen MR) is 75.8 cm³/mol. The second-order valence-electron chi connectivity index (χ2n) is 4.51. The Labute approximate surface area is 112 Å². The molecule has 1 heterocycles. The maximum absolute atomic E-state index is 10.1. The molecule has 5 heteroatoms. The van der Waals surface area contributed by atoms with Gasteiger partial charge < -0.3 is 16.2 Å². The lowest BCUT2D eigenvalue weighted by atomic mass is 10.1. The van der Waals surface area contributed by atoms with Crippen LogP contribution in [0.25, 0.3) is 0 Å². The Balaban J connectivity index is 1.99. The molecule has 100 valence electrons. The number of rotatable bonds is 4. The lowest BCUT2D eigenvalue weighted by Gasteiger charge is -2.13. The van der Waals surface area contributed by atoms with E-state index in [1.807, 2.05) is 32.0 Å². The summed E-state index contributed by atoms with van der Waals surface area (Å²) in [5, 5.41) is 13.2. The molecule has 4 N–H and O–H groups in total. The monoisotopic (exact) mass is 258 g/mol. The van der Waals surface area contributed by atoms with E-state index in [0.717, 1.165) is 17.1 Å². The van der Waals surface area contributed by atoms with E-state index in [9.17, 15) is 5.11 Å². The van der Waals surface area contributed by atoms with Crippen LogP contribution in [0.5, 0.6) is 0 Å². The Morgan fingerprint density at radius 1 is 1.21 bits per heavy atom. The maximum Gasteiger partial charge on any atom is 0.130 e. The molecule has 1 unspecified atom stereocenters. The molecule has 0 fully saturated rings. The Hall–Kier alpha value is -2.14. The normalized spacial score (nSPS) is 12.2. The van der Waals surface area contributed by atoms with Crippen LogP contribution in [0.3, 0.4) is 0 Å². The average molecular weight is 258 g/mol. The van der Waals surface area contributed by atoms with Crippen molar-refractivity contribution in [3.63, 3.8) is 0 Å². The average Bonchev–Trinajstić information content (AvgIpc) is 2.36. The van der Waals surface area contributed by atoms with Crippen molar-refractivity contribution in [3.8, 4) is 0 Å². The van der Waals surface area contributed by atoms with Gasteiger partial charge in [0, 0.05) is 24.0 Å². The van der Waals surface area contributed by atoms with Crippen molar-refractivity contribution >= 4 is 11.5 Å². The largest absolute Gasteiger partial charge is 0.399 e. The number of aryl methyl sites for hydroxylation is 2. The Kier molecular flexibility index (Phi) is 3.97. The summed E-state index contributed by atoms with van der Waals surface area (Å²) in [6.45, 7) is 4.14. The van der Waals surface area contributed by atoms with Gasteiger partial charge >= 0.3 is 0 Å². The van der Waals surface area contributed by atoms with Crippen molar-refractivity contribution in [2.75, 3.05) is 17.6 Å². The molecular formula is C14H18N4O. The number of nitrogens with zero attached hydrogens (tertiary/aromatic N) is 2. The van der Waals surface area contributed by atoms with Crippen LogP contribution in [0.2, 0.25) is 0 Å². The number of anilines is 2. The molecule has 0 saturated carbocycles. The molecule has 0 aliphatic rings. The number of benzene rings is 1. The molecule has 19 heavy (non-hydrogen) atoms. The fraction of sp³-hybridized carbons (Fsp3) is 0.286. The summed E-state index contributed by atoms with van der Waals surface area (Å²) in [5.74, 6) is 1.43. The highest BCUT2D eigenvalue weighted by molar-refractivity contribution is 5.41. The summed E-state index contributed by atoms with van der Waals surface area (Å²) >= 11 is 0. The van der Waals surface area contributed by atoms with Gasteiger partial charge in [0.05, 0.1) is 6.10 Å². The van der Waals surface area contributed by atoms with E-state index < -0.39 is 6.10 Å². The fourth-order valence-electron chi connectivity index (χ4n) is 1.84. The molecule has 0 aliphatic carbocycles. The van der Waals surface area contributed by atoms with E-state index in [0.29, 0.717) is 18.1 Å². The molecule has 5 nitrogen and oxygen atoms in total. The molecule has 1 aromatic carbocycles. The van der Waals surface area contributed by atoms with E-state index in [1.54, 1.807) is 12.1 Å². The summed E-state index contributed by atoms with van der Waals surface area (Å²) in [4.78, 5) is 8.46. The Morgan fingerprint density at radius 2 is 1.89 bits per heavy atom. The summed E-state index contributed by atoms with van der Waals surface area (Å²) in [6, 6.07) is 9.04. The van der Waals surface area contributed by atoms with Gasteiger partial charge in [-0.25, -0.2) is 9.97 Å². The fourth-order valence-corrected chi connectivity index (χ4v) is 1.84. The van der Waals surface area contributed by atoms with Crippen LogP contribution in [0.4, 0.5) is 11.5 Å². The minimum atomic E-state index is -0.601. The molecule has 0 amide bonds. The molecule has 1 atom stereocenters. The third-order valence-corrected chi connectivity index (χ3v) is 2.76. The molecule has 1 aromatic heterocycles. The maximum atomic E-state index is 10.1. The van der Waals surface area contributed by atoms with Gasteiger partial charge in [-0.15, -0.1) is 0 Å². The number of nitrogens with two attached hydrogens (primary N) is 1. The van der Waals surface area contributed by atoms with Crippen LogP contribution in [0, 0.1) is 13.8 Å². The lowest BCUT2D eigenvalue weighted by Crippen LogP contribution is -2.13. The summed E-state index contributed by atoms with van der Waals surface area (Å²) in [7, 11) is 0. The Morgan fingerprint density at radius 3 is 2.53 bits per heavy atom. The van der Waals surface area contributed by atoms with Crippen LogP contribution >= 0.6 is 0 Å². The van der Waals surface area contributed by atoms with Gasteiger partial charge in [-0.3, -0.25) is 0 Å². The van der Waals surface area contributed by atoms with Gasteiger partial charge in [-0.05, 0) is 31.5 Å². The second-order valence-corrected chi connectivity index (χ2v) is 4.51. The number of aliphatic hydroxyl groups is 1. The molecular weight excluding hydrogens is 240 g/mol. The number of aromatic nitrogens is 2. The highest BCUT2D eigenvalue weighted by Gasteiger charge is 2.07. The van der Waals surface area contributed by atoms with Crippen molar-refractivity contribution in [1.29, 1.82) is 0 Å². The first-order valence-electron chi connectivity index (χ1n) is 6.14. The van der Waals surface area contributed by atoms with E-state index in [1.165, 1.54) is 0 Å². The van der Waals surface area contributed by atoms with Gasteiger partial charge in [0.25, 0.3) is 0 Å². The zero-order chi connectivity index (χ0) is 13.8. The summed E-state index contributed by atoms with van der Waals surface area (Å²) in [6.07, 6.45) is -0.601. The minimum absolute atomic E-state index is 0.389. The van der Waals surface area contributed by atoms with Crippen molar-refractivity contribution < 1.29 is 5.11 Å². The molecule has 0 bridgehead atoms. The van der Waals surface area contributed by atoms with E-state index in [4.69, 9.17) is 5.73 Å². The molecule has 0 aliphatic heterocycles. The van der Waals surface area contributed by atoms with Gasteiger partial charge in [0.2, 0.25) is 0 Å².